The van der Waals surface area contributed by atoms with Crippen LogP contribution in [-0.2, 0) is 17.8 Å². The van der Waals surface area contributed by atoms with Gasteiger partial charge in [0.15, 0.2) is 0 Å². The number of amides is 1. The molecular weight excluding hydrogens is 368 g/mol. The van der Waals surface area contributed by atoms with Crippen molar-refractivity contribution in [3.05, 3.63) is 41.3 Å². The molecule has 26 heavy (non-hydrogen) atoms. The molecule has 3 heterocycles. The van der Waals surface area contributed by atoms with Gasteiger partial charge in [-0.2, -0.15) is 0 Å². The molecule has 1 aromatic heterocycles. The highest BCUT2D eigenvalue weighted by atomic mass is 35.5. The second kappa shape index (κ2) is 7.30. The number of benzene rings is 1. The maximum Gasteiger partial charge on any atom is 0.240 e. The molecule has 0 bridgehead atoms. The molecule has 2 aromatic rings. The topological polar surface area (TPSA) is 78.6 Å². The van der Waals surface area contributed by atoms with E-state index >= 15 is 0 Å². The molecular formula is C17H18ClF2N3O3. The summed E-state index contributed by atoms with van der Waals surface area (Å²) in [6, 6.07) is 2.72. The van der Waals surface area contributed by atoms with E-state index in [1.807, 2.05) is 0 Å². The van der Waals surface area contributed by atoms with E-state index in [0.717, 1.165) is 18.2 Å². The summed E-state index contributed by atoms with van der Waals surface area (Å²) >= 11 is 0. The number of β-amino-alcohol motifs (C(OH)–C–C–N with tert-alkyl or cyclic N) is 1. The summed E-state index contributed by atoms with van der Waals surface area (Å²) in [7, 11) is 0. The van der Waals surface area contributed by atoms with Crippen LogP contribution < -0.4 is 5.32 Å². The van der Waals surface area contributed by atoms with Gasteiger partial charge in [0.25, 0.3) is 0 Å². The summed E-state index contributed by atoms with van der Waals surface area (Å²) in [5.41, 5.74) is 0.822. The minimum absolute atomic E-state index is 0. The number of aliphatic hydroxyl groups is 1. The van der Waals surface area contributed by atoms with E-state index < -0.39 is 17.7 Å². The van der Waals surface area contributed by atoms with Crippen LogP contribution in [0.25, 0.3) is 11.5 Å². The van der Waals surface area contributed by atoms with E-state index in [-0.39, 0.29) is 42.4 Å². The molecule has 2 aliphatic heterocycles. The third kappa shape index (κ3) is 3.58. The molecule has 1 aromatic carbocycles. The molecule has 9 heteroatoms. The van der Waals surface area contributed by atoms with E-state index in [9.17, 15) is 18.7 Å². The van der Waals surface area contributed by atoms with Gasteiger partial charge < -0.3 is 19.7 Å². The van der Waals surface area contributed by atoms with Crippen molar-refractivity contribution in [1.29, 1.82) is 0 Å². The maximum absolute atomic E-state index is 13.4. The highest BCUT2D eigenvalue weighted by molar-refractivity contribution is 5.85. The summed E-state index contributed by atoms with van der Waals surface area (Å²) in [5.74, 6) is -0.707. The van der Waals surface area contributed by atoms with Crippen LogP contribution in [-0.4, -0.2) is 46.1 Å². The molecule has 0 radical (unpaired) electrons. The Bertz CT molecular complexity index is 809. The average molecular weight is 386 g/mol. The lowest BCUT2D eigenvalue weighted by atomic mass is 10.1. The highest BCUT2D eigenvalue weighted by Gasteiger charge is 2.34. The van der Waals surface area contributed by atoms with E-state index in [1.165, 1.54) is 0 Å². The zero-order valence-electron chi connectivity index (χ0n) is 13.7. The summed E-state index contributed by atoms with van der Waals surface area (Å²) in [4.78, 5) is 18.5. The lowest BCUT2D eigenvalue weighted by Gasteiger charge is -2.27. The van der Waals surface area contributed by atoms with Crippen molar-refractivity contribution >= 4 is 18.3 Å². The van der Waals surface area contributed by atoms with E-state index in [1.54, 1.807) is 4.90 Å². The Hall–Kier alpha value is -2.03. The molecule has 2 atom stereocenters. The van der Waals surface area contributed by atoms with Gasteiger partial charge in [-0.15, -0.1) is 12.4 Å². The zero-order chi connectivity index (χ0) is 17.6. The first kappa shape index (κ1) is 18.8. The van der Waals surface area contributed by atoms with Crippen molar-refractivity contribution in [2.75, 3.05) is 13.1 Å². The molecule has 1 saturated heterocycles. The van der Waals surface area contributed by atoms with Gasteiger partial charge in [-0.1, -0.05) is 0 Å². The number of oxazole rings is 1. The van der Waals surface area contributed by atoms with Crippen molar-refractivity contribution in [3.63, 3.8) is 0 Å². The number of aliphatic hydroxyl groups excluding tert-OH is 1. The Balaban J connectivity index is 0.00000196. The van der Waals surface area contributed by atoms with Gasteiger partial charge in [0.2, 0.25) is 11.8 Å². The SMILES string of the molecule is Cl.O=C([C@@H]1C[C@@H](O)CN1)N1CCc2oc(-c3cc(F)cc(F)c3)nc2C1. The predicted molar refractivity (Wildman–Crippen MR) is 90.6 cm³/mol. The van der Waals surface area contributed by atoms with Gasteiger partial charge in [-0.05, 0) is 18.6 Å². The molecule has 0 aliphatic carbocycles. The van der Waals surface area contributed by atoms with Gasteiger partial charge in [0.05, 0.1) is 18.7 Å². The average Bonchev–Trinajstić information content (AvgIpc) is 3.18. The molecule has 0 spiro atoms. The molecule has 0 saturated carbocycles. The highest BCUT2D eigenvalue weighted by Crippen LogP contribution is 2.28. The molecule has 140 valence electrons. The lowest BCUT2D eigenvalue weighted by molar-refractivity contribution is -0.134. The first-order valence-corrected chi connectivity index (χ1v) is 8.15. The fraction of sp³-hybridized carbons (Fsp3) is 0.412. The Kier molecular flexibility index (Phi) is 5.27. The third-order valence-corrected chi connectivity index (χ3v) is 4.55. The van der Waals surface area contributed by atoms with E-state index in [0.29, 0.717) is 37.4 Å². The van der Waals surface area contributed by atoms with Crippen LogP contribution in [0.2, 0.25) is 0 Å². The van der Waals surface area contributed by atoms with Crippen molar-refractivity contribution in [3.8, 4) is 11.5 Å². The van der Waals surface area contributed by atoms with Crippen LogP contribution in [0.3, 0.4) is 0 Å². The van der Waals surface area contributed by atoms with Gasteiger partial charge in [-0.3, -0.25) is 4.79 Å². The number of nitrogens with zero attached hydrogens (tertiary/aromatic N) is 2. The number of nitrogens with one attached hydrogen (secondary N) is 1. The summed E-state index contributed by atoms with van der Waals surface area (Å²) in [6.45, 7) is 1.17. The summed E-state index contributed by atoms with van der Waals surface area (Å²) in [5, 5.41) is 12.6. The zero-order valence-corrected chi connectivity index (χ0v) is 14.6. The molecule has 0 unspecified atom stereocenters. The minimum Gasteiger partial charge on any atom is -0.441 e. The monoisotopic (exact) mass is 385 g/mol. The van der Waals surface area contributed by atoms with Crippen molar-refractivity contribution in [2.24, 2.45) is 0 Å². The van der Waals surface area contributed by atoms with Crippen LogP contribution in [0.5, 0.6) is 0 Å². The molecule has 1 fully saturated rings. The molecule has 6 nitrogen and oxygen atoms in total. The number of carbonyl (C=O) groups is 1. The number of carbonyl (C=O) groups excluding carboxylic acids is 1. The van der Waals surface area contributed by atoms with Gasteiger partial charge >= 0.3 is 0 Å². The minimum atomic E-state index is -0.700. The smallest absolute Gasteiger partial charge is 0.240 e. The van der Waals surface area contributed by atoms with Crippen molar-refractivity contribution in [1.82, 2.24) is 15.2 Å². The maximum atomic E-state index is 13.4. The van der Waals surface area contributed by atoms with E-state index in [2.05, 4.69) is 10.3 Å². The standard InChI is InChI=1S/C17H17F2N3O3.ClH/c18-10-3-9(4-11(19)5-10)16-21-14-8-22(2-1-15(14)25-16)17(24)13-6-12(23)7-20-13;/h3-5,12-13,20,23H,1-2,6-8H2;1H/t12-,13+;/m1./s1. The fourth-order valence-corrected chi connectivity index (χ4v) is 3.31. The molecule has 4 rings (SSSR count). The second-order valence-corrected chi connectivity index (χ2v) is 6.41. The molecule has 2 N–H and O–H groups in total. The largest absolute Gasteiger partial charge is 0.441 e. The number of fused-ring (bicyclic) bond motifs is 1. The van der Waals surface area contributed by atoms with E-state index in [4.69, 9.17) is 4.42 Å². The third-order valence-electron chi connectivity index (χ3n) is 4.55. The van der Waals surface area contributed by atoms with Crippen LogP contribution in [0, 0.1) is 11.6 Å². The molecule has 2 aliphatic rings. The van der Waals surface area contributed by atoms with Gasteiger partial charge in [0, 0.05) is 31.1 Å². The number of rotatable bonds is 2. The summed E-state index contributed by atoms with van der Waals surface area (Å²) in [6.07, 6.45) is 0.381. The van der Waals surface area contributed by atoms with Gasteiger partial charge in [0.1, 0.15) is 23.1 Å². The first-order valence-electron chi connectivity index (χ1n) is 8.15. The first-order chi connectivity index (χ1) is 12.0. The van der Waals surface area contributed by atoms with Crippen LogP contribution >= 0.6 is 12.4 Å². The number of hydrogen-bond donors (Lipinski definition) is 2. The van der Waals surface area contributed by atoms with Gasteiger partial charge in [-0.25, -0.2) is 13.8 Å². The fourth-order valence-electron chi connectivity index (χ4n) is 3.31. The second-order valence-electron chi connectivity index (χ2n) is 6.41. The van der Waals surface area contributed by atoms with Crippen molar-refractivity contribution < 1.29 is 23.1 Å². The number of aromatic nitrogens is 1. The quantitative estimate of drug-likeness (QED) is 0.822. The Morgan fingerprint density at radius 3 is 2.69 bits per heavy atom. The predicted octanol–water partition coefficient (Wildman–Crippen LogP) is 1.65. The number of hydrogen-bond acceptors (Lipinski definition) is 5. The number of halogens is 3. The molecule has 1 amide bonds. The Morgan fingerprint density at radius 2 is 2.04 bits per heavy atom. The van der Waals surface area contributed by atoms with Crippen LogP contribution in [0.15, 0.2) is 22.6 Å². The normalized spacial score (nSPS) is 22.0. The lowest BCUT2D eigenvalue weighted by Crippen LogP contribution is -2.45. The van der Waals surface area contributed by atoms with Crippen LogP contribution in [0.4, 0.5) is 8.78 Å². The Morgan fingerprint density at radius 1 is 1.31 bits per heavy atom. The van der Waals surface area contributed by atoms with Crippen LogP contribution in [0.1, 0.15) is 17.9 Å². The summed E-state index contributed by atoms with van der Waals surface area (Å²) < 4.78 is 32.4. The van der Waals surface area contributed by atoms with Crippen molar-refractivity contribution in [2.45, 2.75) is 31.5 Å². The Labute approximate surface area is 154 Å².